The smallest absolute Gasteiger partial charge is 0.0826 e. The second-order valence-corrected chi connectivity index (χ2v) is 3.05. The summed E-state index contributed by atoms with van der Waals surface area (Å²) in [5, 5.41) is 9.57. The van der Waals surface area contributed by atoms with Crippen molar-refractivity contribution in [3.8, 4) is 0 Å². The quantitative estimate of drug-likeness (QED) is 0.491. The van der Waals surface area contributed by atoms with Gasteiger partial charge in [0, 0.05) is 0 Å². The van der Waals surface area contributed by atoms with Gasteiger partial charge in [-0.2, -0.15) is 0 Å². The van der Waals surface area contributed by atoms with Crippen molar-refractivity contribution in [3.63, 3.8) is 0 Å². The van der Waals surface area contributed by atoms with E-state index in [1.165, 1.54) is 0 Å². The molecule has 1 aliphatic carbocycles. The molecular formula is C8H14O. The highest BCUT2D eigenvalue weighted by Gasteiger charge is 2.23. The molecule has 1 heteroatoms. The first-order valence-electron chi connectivity index (χ1n) is 3.52. The van der Waals surface area contributed by atoms with Crippen LogP contribution in [-0.4, -0.2) is 10.7 Å². The molecule has 52 valence electrons. The predicted molar refractivity (Wildman–Crippen MR) is 38.2 cm³/mol. The Bertz CT molecular complexity index is 134. The van der Waals surface area contributed by atoms with Crippen LogP contribution >= 0.6 is 0 Å². The zero-order valence-electron chi connectivity index (χ0n) is 6.15. The van der Waals surface area contributed by atoms with E-state index in [0.29, 0.717) is 0 Å². The zero-order chi connectivity index (χ0) is 6.91. The van der Waals surface area contributed by atoms with Crippen molar-refractivity contribution in [3.05, 3.63) is 11.6 Å². The van der Waals surface area contributed by atoms with Crippen LogP contribution in [0.3, 0.4) is 0 Å². The average molecular weight is 126 g/mol. The molecule has 1 nitrogen and oxygen atoms in total. The summed E-state index contributed by atoms with van der Waals surface area (Å²) in [4.78, 5) is 0. The Hall–Kier alpha value is -0.300. The molecule has 0 heterocycles. The van der Waals surface area contributed by atoms with Crippen LogP contribution in [0.2, 0.25) is 0 Å². The number of hydrogen-bond acceptors (Lipinski definition) is 1. The van der Waals surface area contributed by atoms with Crippen molar-refractivity contribution in [2.45, 2.75) is 38.7 Å². The van der Waals surface area contributed by atoms with Gasteiger partial charge in [-0.25, -0.2) is 0 Å². The summed E-state index contributed by atoms with van der Waals surface area (Å²) in [7, 11) is 0. The van der Waals surface area contributed by atoms with E-state index in [-0.39, 0.29) is 0 Å². The number of rotatable bonds is 0. The average Bonchev–Trinajstić information content (AvgIpc) is 1.77. The molecule has 1 N–H and O–H groups in total. The zero-order valence-corrected chi connectivity index (χ0v) is 6.15. The maximum Gasteiger partial charge on any atom is 0.0826 e. The molecule has 0 radical (unpaired) electrons. The van der Waals surface area contributed by atoms with Gasteiger partial charge in [0.25, 0.3) is 0 Å². The van der Waals surface area contributed by atoms with Gasteiger partial charge < -0.3 is 5.11 Å². The Kier molecular flexibility index (Phi) is 1.62. The minimum absolute atomic E-state index is 0.502. The monoisotopic (exact) mass is 126 g/mol. The standard InChI is InChI=1S/C8H14O/c1-7-5-3-4-6-8(7,2)9/h5,9H,3-4,6H2,1-2H3. The molecule has 0 aromatic heterocycles. The second-order valence-electron chi connectivity index (χ2n) is 3.05. The van der Waals surface area contributed by atoms with Gasteiger partial charge in [0.05, 0.1) is 5.60 Å². The van der Waals surface area contributed by atoms with Gasteiger partial charge in [0.2, 0.25) is 0 Å². The molecule has 9 heavy (non-hydrogen) atoms. The molecule has 0 spiro atoms. The Labute approximate surface area is 56.4 Å². The van der Waals surface area contributed by atoms with Crippen LogP contribution < -0.4 is 0 Å². The van der Waals surface area contributed by atoms with E-state index < -0.39 is 5.60 Å². The van der Waals surface area contributed by atoms with E-state index in [0.717, 1.165) is 24.8 Å². The Balaban J connectivity index is 2.73. The van der Waals surface area contributed by atoms with E-state index in [1.807, 2.05) is 13.8 Å². The lowest BCUT2D eigenvalue weighted by molar-refractivity contribution is 0.0815. The lowest BCUT2D eigenvalue weighted by Crippen LogP contribution is -2.27. The van der Waals surface area contributed by atoms with Crippen LogP contribution in [0.5, 0.6) is 0 Å². The largest absolute Gasteiger partial charge is 0.386 e. The third kappa shape index (κ3) is 1.33. The van der Waals surface area contributed by atoms with Crippen molar-refractivity contribution >= 4 is 0 Å². The highest BCUT2D eigenvalue weighted by atomic mass is 16.3. The van der Waals surface area contributed by atoms with Crippen molar-refractivity contribution in [2.24, 2.45) is 0 Å². The summed E-state index contributed by atoms with van der Waals surface area (Å²) in [5.74, 6) is 0. The Morgan fingerprint density at radius 1 is 1.67 bits per heavy atom. The number of allylic oxidation sites excluding steroid dienone is 1. The van der Waals surface area contributed by atoms with Gasteiger partial charge in [-0.1, -0.05) is 6.08 Å². The topological polar surface area (TPSA) is 20.2 Å². The molecule has 0 aliphatic heterocycles. The summed E-state index contributed by atoms with van der Waals surface area (Å²) in [5.41, 5.74) is 0.631. The van der Waals surface area contributed by atoms with Crippen LogP contribution in [0.15, 0.2) is 11.6 Å². The molecule has 0 aromatic carbocycles. The van der Waals surface area contributed by atoms with Crippen LogP contribution in [0, 0.1) is 0 Å². The first kappa shape index (κ1) is 6.81. The summed E-state index contributed by atoms with van der Waals surface area (Å²) in [6, 6.07) is 0. The fourth-order valence-electron chi connectivity index (χ4n) is 1.18. The maximum absolute atomic E-state index is 9.57. The fraction of sp³-hybridized carbons (Fsp3) is 0.750. The third-order valence-corrected chi connectivity index (χ3v) is 2.17. The lowest BCUT2D eigenvalue weighted by Gasteiger charge is -2.27. The van der Waals surface area contributed by atoms with E-state index in [4.69, 9.17) is 0 Å². The van der Waals surface area contributed by atoms with E-state index in [2.05, 4.69) is 6.08 Å². The molecule has 0 saturated carbocycles. The second kappa shape index (κ2) is 2.14. The highest BCUT2D eigenvalue weighted by molar-refractivity contribution is 5.14. The fourth-order valence-corrected chi connectivity index (χ4v) is 1.18. The molecule has 0 fully saturated rings. The Morgan fingerprint density at radius 3 is 2.67 bits per heavy atom. The molecule has 1 unspecified atom stereocenters. The van der Waals surface area contributed by atoms with Crippen molar-refractivity contribution in [2.75, 3.05) is 0 Å². The Morgan fingerprint density at radius 2 is 2.33 bits per heavy atom. The minimum atomic E-state index is -0.502. The predicted octanol–water partition coefficient (Wildman–Crippen LogP) is 1.87. The maximum atomic E-state index is 9.57. The van der Waals surface area contributed by atoms with Gasteiger partial charge in [0.1, 0.15) is 0 Å². The SMILES string of the molecule is CC1=CCCCC1(C)O. The van der Waals surface area contributed by atoms with E-state index in [9.17, 15) is 5.11 Å². The summed E-state index contributed by atoms with van der Waals surface area (Å²) >= 11 is 0. The molecule has 0 saturated heterocycles. The molecule has 0 amide bonds. The molecular weight excluding hydrogens is 112 g/mol. The van der Waals surface area contributed by atoms with Crippen molar-refractivity contribution < 1.29 is 5.11 Å². The molecule has 1 rings (SSSR count). The molecule has 1 atom stereocenters. The summed E-state index contributed by atoms with van der Waals surface area (Å²) < 4.78 is 0. The lowest BCUT2D eigenvalue weighted by atomic mass is 9.86. The third-order valence-electron chi connectivity index (χ3n) is 2.17. The van der Waals surface area contributed by atoms with Crippen molar-refractivity contribution in [1.82, 2.24) is 0 Å². The van der Waals surface area contributed by atoms with Gasteiger partial charge in [-0.3, -0.25) is 0 Å². The molecule has 1 aliphatic rings. The van der Waals surface area contributed by atoms with Crippen molar-refractivity contribution in [1.29, 1.82) is 0 Å². The van der Waals surface area contributed by atoms with Gasteiger partial charge >= 0.3 is 0 Å². The number of hydrogen-bond donors (Lipinski definition) is 1. The molecule has 0 bridgehead atoms. The summed E-state index contributed by atoms with van der Waals surface area (Å²) in [6.45, 7) is 3.89. The van der Waals surface area contributed by atoms with Gasteiger partial charge in [-0.05, 0) is 38.7 Å². The van der Waals surface area contributed by atoms with Crippen LogP contribution in [-0.2, 0) is 0 Å². The summed E-state index contributed by atoms with van der Waals surface area (Å²) in [6.07, 6.45) is 5.32. The van der Waals surface area contributed by atoms with E-state index >= 15 is 0 Å². The highest BCUT2D eigenvalue weighted by Crippen LogP contribution is 2.27. The van der Waals surface area contributed by atoms with Crippen LogP contribution in [0.25, 0.3) is 0 Å². The van der Waals surface area contributed by atoms with E-state index in [1.54, 1.807) is 0 Å². The van der Waals surface area contributed by atoms with Gasteiger partial charge in [-0.15, -0.1) is 0 Å². The van der Waals surface area contributed by atoms with Gasteiger partial charge in [0.15, 0.2) is 0 Å². The van der Waals surface area contributed by atoms with Crippen LogP contribution in [0.1, 0.15) is 33.1 Å². The first-order chi connectivity index (χ1) is 4.13. The molecule has 0 aromatic rings. The first-order valence-corrected chi connectivity index (χ1v) is 3.52. The normalized spacial score (nSPS) is 36.1. The van der Waals surface area contributed by atoms with Crippen LogP contribution in [0.4, 0.5) is 0 Å². The minimum Gasteiger partial charge on any atom is -0.386 e. The number of aliphatic hydroxyl groups is 1.